The second-order valence-electron chi connectivity index (χ2n) is 9.29. The van der Waals surface area contributed by atoms with E-state index >= 15 is 0 Å². The Kier molecular flexibility index (Phi) is 10.3. The lowest BCUT2D eigenvalue weighted by Crippen LogP contribution is -2.49. The minimum absolute atomic E-state index is 0.271. The zero-order chi connectivity index (χ0) is 22.6. The summed E-state index contributed by atoms with van der Waals surface area (Å²) in [6.07, 6.45) is 7.98. The summed E-state index contributed by atoms with van der Waals surface area (Å²) in [4.78, 5) is 22.0. The van der Waals surface area contributed by atoms with Crippen molar-refractivity contribution < 1.29 is 4.79 Å². The van der Waals surface area contributed by atoms with Crippen molar-refractivity contribution in [1.82, 2.24) is 20.4 Å². The molecule has 6 heteroatoms. The summed E-state index contributed by atoms with van der Waals surface area (Å²) in [6, 6.07) is 11.0. The van der Waals surface area contributed by atoms with E-state index in [-0.39, 0.29) is 5.91 Å². The van der Waals surface area contributed by atoms with Crippen LogP contribution in [-0.4, -0.2) is 73.5 Å². The second kappa shape index (κ2) is 13.5. The number of nitrogens with one attached hydrogen (secondary N) is 2. The topological polar surface area (TPSA) is 60.0 Å². The predicted molar refractivity (Wildman–Crippen MR) is 133 cm³/mol. The zero-order valence-corrected chi connectivity index (χ0v) is 20.2. The van der Waals surface area contributed by atoms with Crippen LogP contribution in [-0.2, 0) is 11.2 Å². The summed E-state index contributed by atoms with van der Waals surface area (Å²) < 4.78 is 0. The van der Waals surface area contributed by atoms with Crippen molar-refractivity contribution in [3.05, 3.63) is 35.9 Å². The predicted octanol–water partition coefficient (Wildman–Crippen LogP) is 3.29. The molecule has 0 radical (unpaired) electrons. The third kappa shape index (κ3) is 7.80. The van der Waals surface area contributed by atoms with E-state index in [1.54, 1.807) is 0 Å². The molecule has 2 N–H and O–H groups in total. The summed E-state index contributed by atoms with van der Waals surface area (Å²) in [5.41, 5.74) is 1.29. The molecule has 32 heavy (non-hydrogen) atoms. The number of hydrogen-bond acceptors (Lipinski definition) is 3. The molecule has 2 fully saturated rings. The number of unbranched alkanes of at least 4 members (excludes halogenated alkanes) is 1. The maximum atomic E-state index is 12.5. The molecule has 1 aromatic carbocycles. The first-order chi connectivity index (χ1) is 15.7. The van der Waals surface area contributed by atoms with Crippen LogP contribution < -0.4 is 10.6 Å². The van der Waals surface area contributed by atoms with Crippen LogP contribution in [0.5, 0.6) is 0 Å². The first-order valence-corrected chi connectivity index (χ1v) is 12.8. The molecule has 2 aliphatic heterocycles. The Hall–Kier alpha value is -2.08. The molecule has 2 atom stereocenters. The number of amides is 1. The number of nitrogens with zero attached hydrogens (tertiary/aromatic N) is 3. The average molecular weight is 442 g/mol. The maximum absolute atomic E-state index is 12.5. The van der Waals surface area contributed by atoms with E-state index < -0.39 is 0 Å². The minimum Gasteiger partial charge on any atom is -0.357 e. The lowest BCUT2D eigenvalue weighted by Gasteiger charge is -2.36. The number of carbonyl (C=O) groups is 1. The highest BCUT2D eigenvalue weighted by Gasteiger charge is 2.29. The van der Waals surface area contributed by atoms with Gasteiger partial charge in [-0.1, -0.05) is 50.1 Å². The van der Waals surface area contributed by atoms with E-state index in [9.17, 15) is 4.79 Å². The highest BCUT2D eigenvalue weighted by atomic mass is 16.2. The fourth-order valence-corrected chi connectivity index (χ4v) is 4.82. The molecule has 2 saturated heterocycles. The molecule has 2 aliphatic rings. The van der Waals surface area contributed by atoms with Gasteiger partial charge in [0.05, 0.1) is 0 Å². The summed E-state index contributed by atoms with van der Waals surface area (Å²) in [6.45, 7) is 10.9. The molecule has 6 nitrogen and oxygen atoms in total. The van der Waals surface area contributed by atoms with Gasteiger partial charge in [0.2, 0.25) is 5.91 Å². The number of rotatable bonds is 11. The number of carbonyl (C=O) groups excluding carboxylic acids is 1. The second-order valence-corrected chi connectivity index (χ2v) is 9.29. The van der Waals surface area contributed by atoms with Crippen molar-refractivity contribution in [2.75, 3.05) is 45.8 Å². The van der Waals surface area contributed by atoms with Gasteiger partial charge in [0, 0.05) is 51.1 Å². The quantitative estimate of drug-likeness (QED) is 0.409. The molecule has 0 spiro atoms. The number of benzene rings is 1. The molecule has 0 aliphatic carbocycles. The average Bonchev–Trinajstić information content (AvgIpc) is 3.18. The Morgan fingerprint density at radius 3 is 2.75 bits per heavy atom. The first-order valence-electron chi connectivity index (χ1n) is 12.8. The standard InChI is InChI=1S/C26H43N5O/c1-3-5-15-30-16-10-9-13-24(30)20-29-26(27-4-2)28-19-23-18-25(32)31(21-23)17-14-22-11-7-6-8-12-22/h6-8,11-12,23-24H,3-5,9-10,13-21H2,1-2H3,(H2,27,28,29). The smallest absolute Gasteiger partial charge is 0.223 e. The van der Waals surface area contributed by atoms with Crippen LogP contribution in [0.1, 0.15) is 57.9 Å². The van der Waals surface area contributed by atoms with Gasteiger partial charge in [-0.2, -0.15) is 0 Å². The normalized spacial score (nSPS) is 22.4. The lowest BCUT2D eigenvalue weighted by molar-refractivity contribution is -0.127. The SMILES string of the molecule is CCCCN1CCCCC1CNC(=NCC1CC(=O)N(CCc2ccccc2)C1)NCC. The van der Waals surface area contributed by atoms with Gasteiger partial charge in [-0.3, -0.25) is 14.7 Å². The number of piperidine rings is 1. The van der Waals surface area contributed by atoms with Crippen molar-refractivity contribution in [3.8, 4) is 0 Å². The fraction of sp³-hybridized carbons (Fsp3) is 0.692. The summed E-state index contributed by atoms with van der Waals surface area (Å²) >= 11 is 0. The van der Waals surface area contributed by atoms with E-state index in [4.69, 9.17) is 4.99 Å². The number of likely N-dealkylation sites (tertiary alicyclic amines) is 2. The number of hydrogen-bond donors (Lipinski definition) is 2. The van der Waals surface area contributed by atoms with Gasteiger partial charge in [-0.25, -0.2) is 0 Å². The van der Waals surface area contributed by atoms with Gasteiger partial charge in [-0.05, 0) is 51.3 Å². The summed E-state index contributed by atoms with van der Waals surface area (Å²) in [7, 11) is 0. The van der Waals surface area contributed by atoms with Crippen LogP contribution in [0, 0.1) is 5.92 Å². The number of aliphatic imine (C=N–C) groups is 1. The Balaban J connectivity index is 1.46. The van der Waals surface area contributed by atoms with Crippen LogP contribution in [0.2, 0.25) is 0 Å². The highest BCUT2D eigenvalue weighted by molar-refractivity contribution is 5.80. The van der Waals surface area contributed by atoms with Crippen LogP contribution in [0.4, 0.5) is 0 Å². The van der Waals surface area contributed by atoms with Crippen LogP contribution in [0.3, 0.4) is 0 Å². The molecule has 3 rings (SSSR count). The minimum atomic E-state index is 0.271. The van der Waals surface area contributed by atoms with Gasteiger partial charge < -0.3 is 15.5 Å². The van der Waals surface area contributed by atoms with E-state index in [0.717, 1.165) is 38.6 Å². The van der Waals surface area contributed by atoms with E-state index in [2.05, 4.69) is 53.6 Å². The third-order valence-electron chi connectivity index (χ3n) is 6.71. The zero-order valence-electron chi connectivity index (χ0n) is 20.2. The maximum Gasteiger partial charge on any atom is 0.223 e. The highest BCUT2D eigenvalue weighted by Crippen LogP contribution is 2.19. The molecular weight excluding hydrogens is 398 g/mol. The fourth-order valence-electron chi connectivity index (χ4n) is 4.82. The molecule has 2 heterocycles. The van der Waals surface area contributed by atoms with Gasteiger partial charge in [-0.15, -0.1) is 0 Å². The summed E-state index contributed by atoms with van der Waals surface area (Å²) in [5, 5.41) is 6.98. The van der Waals surface area contributed by atoms with Gasteiger partial charge in [0.15, 0.2) is 5.96 Å². The van der Waals surface area contributed by atoms with Gasteiger partial charge in [0.1, 0.15) is 0 Å². The molecule has 0 aromatic heterocycles. The Morgan fingerprint density at radius 1 is 1.12 bits per heavy atom. The van der Waals surface area contributed by atoms with Crippen molar-refractivity contribution in [1.29, 1.82) is 0 Å². The first kappa shape index (κ1) is 24.6. The number of guanidine groups is 1. The van der Waals surface area contributed by atoms with Crippen LogP contribution >= 0.6 is 0 Å². The molecule has 0 saturated carbocycles. The van der Waals surface area contributed by atoms with Crippen molar-refractivity contribution in [3.63, 3.8) is 0 Å². The van der Waals surface area contributed by atoms with E-state index in [1.807, 2.05) is 11.0 Å². The van der Waals surface area contributed by atoms with Gasteiger partial charge in [0.25, 0.3) is 0 Å². The molecule has 1 aromatic rings. The van der Waals surface area contributed by atoms with Crippen molar-refractivity contribution >= 4 is 11.9 Å². The Bertz CT molecular complexity index is 707. The molecule has 1 amide bonds. The van der Waals surface area contributed by atoms with E-state index in [0.29, 0.717) is 24.9 Å². The molecule has 0 bridgehead atoms. The largest absolute Gasteiger partial charge is 0.357 e. The van der Waals surface area contributed by atoms with Crippen LogP contribution in [0.15, 0.2) is 35.3 Å². The third-order valence-corrected chi connectivity index (χ3v) is 6.71. The molecule has 2 unspecified atom stereocenters. The van der Waals surface area contributed by atoms with Crippen LogP contribution in [0.25, 0.3) is 0 Å². The lowest BCUT2D eigenvalue weighted by atomic mass is 10.0. The molecule has 178 valence electrons. The van der Waals surface area contributed by atoms with Gasteiger partial charge >= 0.3 is 0 Å². The summed E-state index contributed by atoms with van der Waals surface area (Å²) in [5.74, 6) is 1.47. The molecular formula is C26H43N5O. The van der Waals surface area contributed by atoms with Crippen molar-refractivity contribution in [2.24, 2.45) is 10.9 Å². The monoisotopic (exact) mass is 441 g/mol. The van der Waals surface area contributed by atoms with E-state index in [1.165, 1.54) is 50.8 Å². The van der Waals surface area contributed by atoms with Crippen molar-refractivity contribution in [2.45, 2.75) is 64.8 Å². The Morgan fingerprint density at radius 2 is 1.97 bits per heavy atom. The Labute approximate surface area is 194 Å².